The number of aliphatic imine (C=N–C) groups is 1. The van der Waals surface area contributed by atoms with Crippen LogP contribution in [-0.2, 0) is 9.59 Å². The molecule has 2 amide bonds. The van der Waals surface area contributed by atoms with Crippen LogP contribution < -0.4 is 16.4 Å². The molecule has 2 heterocycles. The summed E-state index contributed by atoms with van der Waals surface area (Å²) < 4.78 is 0. The third kappa shape index (κ3) is 6.96. The van der Waals surface area contributed by atoms with Gasteiger partial charge in [-0.2, -0.15) is 0 Å². The number of nitrogens with one attached hydrogen (secondary N) is 2. The second-order valence-electron chi connectivity index (χ2n) is 8.23. The predicted molar refractivity (Wildman–Crippen MR) is 112 cm³/mol. The van der Waals surface area contributed by atoms with Crippen LogP contribution in [0.4, 0.5) is 0 Å². The summed E-state index contributed by atoms with van der Waals surface area (Å²) >= 11 is 0. The maximum absolute atomic E-state index is 12.1. The zero-order valence-electron chi connectivity index (χ0n) is 17.7. The lowest BCUT2D eigenvalue weighted by molar-refractivity contribution is -0.133. The largest absolute Gasteiger partial charge is 0.369 e. The summed E-state index contributed by atoms with van der Waals surface area (Å²) in [6.45, 7) is 11.8. The second kappa shape index (κ2) is 11.2. The topological polar surface area (TPSA) is 103 Å². The molecule has 0 saturated carbocycles. The van der Waals surface area contributed by atoms with Crippen LogP contribution in [0.5, 0.6) is 0 Å². The van der Waals surface area contributed by atoms with E-state index < -0.39 is 0 Å². The third-order valence-electron chi connectivity index (χ3n) is 5.49. The first-order chi connectivity index (χ1) is 13.4. The van der Waals surface area contributed by atoms with Crippen molar-refractivity contribution in [2.75, 3.05) is 45.8 Å². The number of likely N-dealkylation sites (tertiary alicyclic amines) is 2. The molecule has 4 N–H and O–H groups in total. The maximum Gasteiger partial charge on any atom is 0.225 e. The van der Waals surface area contributed by atoms with Crippen LogP contribution in [0, 0.1) is 11.8 Å². The number of amides is 2. The van der Waals surface area contributed by atoms with E-state index in [1.54, 1.807) is 0 Å². The summed E-state index contributed by atoms with van der Waals surface area (Å²) in [5, 5.41) is 6.77. The van der Waals surface area contributed by atoms with Gasteiger partial charge in [0.15, 0.2) is 5.96 Å². The predicted octanol–water partition coefficient (Wildman–Crippen LogP) is 0.386. The molecular weight excluding hydrogens is 356 g/mol. The Balaban J connectivity index is 1.75. The van der Waals surface area contributed by atoms with Crippen LogP contribution in [0.1, 0.15) is 46.5 Å². The van der Waals surface area contributed by atoms with Crippen LogP contribution in [-0.4, -0.2) is 79.4 Å². The van der Waals surface area contributed by atoms with Crippen molar-refractivity contribution in [3.63, 3.8) is 0 Å². The van der Waals surface area contributed by atoms with Crippen LogP contribution in [0.15, 0.2) is 4.99 Å². The quantitative estimate of drug-likeness (QED) is 0.314. The normalized spacial score (nSPS) is 23.9. The number of hydrogen-bond donors (Lipinski definition) is 3. The first kappa shape index (κ1) is 22.5. The lowest BCUT2D eigenvalue weighted by Gasteiger charge is -2.30. The van der Waals surface area contributed by atoms with Crippen molar-refractivity contribution < 1.29 is 9.59 Å². The third-order valence-corrected chi connectivity index (χ3v) is 5.49. The highest BCUT2D eigenvalue weighted by Crippen LogP contribution is 2.16. The molecule has 0 aromatic rings. The average molecular weight is 395 g/mol. The Kier molecular flexibility index (Phi) is 9.02. The number of carbonyl (C=O) groups excluding carboxylic acids is 2. The van der Waals surface area contributed by atoms with Crippen molar-refractivity contribution >= 4 is 17.8 Å². The number of hydrogen-bond acceptors (Lipinski definition) is 4. The van der Waals surface area contributed by atoms with Crippen molar-refractivity contribution in [1.29, 1.82) is 0 Å². The molecule has 2 saturated heterocycles. The van der Waals surface area contributed by atoms with Gasteiger partial charge >= 0.3 is 0 Å². The molecule has 2 aliphatic rings. The van der Waals surface area contributed by atoms with Crippen LogP contribution in [0.25, 0.3) is 0 Å². The standard InChI is InChI=1S/C20H38N6O2/c1-4-22-20(24-17-8-12-26(14-17)19(28)15(2)3)23-9-6-11-25-10-5-7-16(13-25)18(21)27/h15-17H,4-14H2,1-3H3,(H2,21,27)(H2,22,23,24). The summed E-state index contributed by atoms with van der Waals surface area (Å²) in [6, 6.07) is 0.249. The summed E-state index contributed by atoms with van der Waals surface area (Å²) in [7, 11) is 0. The summed E-state index contributed by atoms with van der Waals surface area (Å²) in [5.41, 5.74) is 5.45. The van der Waals surface area contributed by atoms with Crippen molar-refractivity contribution in [1.82, 2.24) is 20.4 Å². The van der Waals surface area contributed by atoms with Crippen LogP contribution >= 0.6 is 0 Å². The Morgan fingerprint density at radius 3 is 2.68 bits per heavy atom. The van der Waals surface area contributed by atoms with Gasteiger partial charge in [-0.15, -0.1) is 0 Å². The fraction of sp³-hybridized carbons (Fsp3) is 0.850. The molecule has 8 heteroatoms. The van der Waals surface area contributed by atoms with Crippen molar-refractivity contribution in [2.45, 2.75) is 52.5 Å². The highest BCUT2D eigenvalue weighted by Gasteiger charge is 2.28. The van der Waals surface area contributed by atoms with E-state index in [-0.39, 0.29) is 29.7 Å². The van der Waals surface area contributed by atoms with Gasteiger partial charge < -0.3 is 26.2 Å². The Labute approximate surface area is 169 Å². The smallest absolute Gasteiger partial charge is 0.225 e. The minimum Gasteiger partial charge on any atom is -0.369 e. The number of nitrogens with zero attached hydrogens (tertiary/aromatic N) is 3. The van der Waals surface area contributed by atoms with E-state index in [0.29, 0.717) is 0 Å². The van der Waals surface area contributed by atoms with E-state index in [0.717, 1.165) is 77.5 Å². The minimum absolute atomic E-state index is 0.00454. The van der Waals surface area contributed by atoms with Crippen molar-refractivity contribution in [3.05, 3.63) is 0 Å². The molecule has 2 atom stereocenters. The molecule has 0 spiro atoms. The molecule has 28 heavy (non-hydrogen) atoms. The maximum atomic E-state index is 12.1. The highest BCUT2D eigenvalue weighted by molar-refractivity contribution is 5.81. The molecule has 2 rings (SSSR count). The number of guanidine groups is 1. The molecule has 0 aromatic heterocycles. The van der Waals surface area contributed by atoms with Gasteiger partial charge in [0.2, 0.25) is 11.8 Å². The van der Waals surface area contributed by atoms with Gasteiger partial charge in [-0.1, -0.05) is 13.8 Å². The number of carbonyl (C=O) groups is 2. The molecule has 0 aromatic carbocycles. The van der Waals surface area contributed by atoms with E-state index >= 15 is 0 Å². The molecule has 0 bridgehead atoms. The van der Waals surface area contributed by atoms with Gasteiger partial charge in [-0.25, -0.2) is 0 Å². The summed E-state index contributed by atoms with van der Waals surface area (Å²) in [6.07, 6.45) is 3.85. The fourth-order valence-corrected chi connectivity index (χ4v) is 3.93. The Morgan fingerprint density at radius 2 is 2.00 bits per heavy atom. The molecule has 2 aliphatic heterocycles. The van der Waals surface area contributed by atoms with E-state index in [1.165, 1.54) is 0 Å². The molecule has 2 unspecified atom stereocenters. The van der Waals surface area contributed by atoms with Gasteiger partial charge in [0.05, 0.1) is 5.92 Å². The average Bonchev–Trinajstić information content (AvgIpc) is 3.13. The number of nitrogens with two attached hydrogens (primary N) is 1. The second-order valence-corrected chi connectivity index (χ2v) is 8.23. The molecular formula is C20H38N6O2. The molecule has 2 fully saturated rings. The minimum atomic E-state index is -0.178. The lowest BCUT2D eigenvalue weighted by Crippen LogP contribution is -2.45. The van der Waals surface area contributed by atoms with E-state index in [4.69, 9.17) is 10.7 Å². The Bertz CT molecular complexity index is 551. The van der Waals surface area contributed by atoms with Gasteiger partial charge in [-0.3, -0.25) is 14.6 Å². The van der Waals surface area contributed by atoms with E-state index in [2.05, 4.69) is 22.5 Å². The summed E-state index contributed by atoms with van der Waals surface area (Å²) in [4.78, 5) is 32.5. The zero-order valence-corrected chi connectivity index (χ0v) is 17.7. The van der Waals surface area contributed by atoms with Gasteiger partial charge in [0.25, 0.3) is 0 Å². The Hall–Kier alpha value is -1.83. The zero-order chi connectivity index (χ0) is 20.5. The van der Waals surface area contributed by atoms with Crippen molar-refractivity contribution in [2.24, 2.45) is 22.6 Å². The van der Waals surface area contributed by atoms with E-state index in [1.807, 2.05) is 18.7 Å². The SMILES string of the molecule is CCNC(=NCCCN1CCCC(C(N)=O)C1)NC1CCN(C(=O)C(C)C)C1. The highest BCUT2D eigenvalue weighted by atomic mass is 16.2. The fourth-order valence-electron chi connectivity index (χ4n) is 3.93. The van der Waals surface area contributed by atoms with Crippen molar-refractivity contribution in [3.8, 4) is 0 Å². The molecule has 8 nitrogen and oxygen atoms in total. The van der Waals surface area contributed by atoms with E-state index in [9.17, 15) is 9.59 Å². The monoisotopic (exact) mass is 394 g/mol. The van der Waals surface area contributed by atoms with Gasteiger partial charge in [0.1, 0.15) is 0 Å². The summed E-state index contributed by atoms with van der Waals surface area (Å²) in [5.74, 6) is 0.907. The number of piperidine rings is 1. The first-order valence-corrected chi connectivity index (χ1v) is 10.8. The van der Waals surface area contributed by atoms with Crippen LogP contribution in [0.3, 0.4) is 0 Å². The first-order valence-electron chi connectivity index (χ1n) is 10.8. The van der Waals surface area contributed by atoms with Crippen LogP contribution in [0.2, 0.25) is 0 Å². The molecule has 0 radical (unpaired) electrons. The number of rotatable bonds is 8. The van der Waals surface area contributed by atoms with Gasteiger partial charge in [-0.05, 0) is 45.7 Å². The lowest BCUT2D eigenvalue weighted by atomic mass is 9.97. The Morgan fingerprint density at radius 1 is 1.21 bits per heavy atom. The molecule has 160 valence electrons. The van der Waals surface area contributed by atoms with Gasteiger partial charge in [0, 0.05) is 44.7 Å². The number of primary amides is 1. The molecule has 0 aliphatic carbocycles.